The van der Waals surface area contributed by atoms with E-state index >= 15 is 0 Å². The molecule has 0 spiro atoms. The Balaban J connectivity index is 1.88. The lowest BCUT2D eigenvalue weighted by molar-refractivity contribution is 0.414. The summed E-state index contributed by atoms with van der Waals surface area (Å²) in [5, 5.41) is 3.64. The van der Waals surface area contributed by atoms with Gasteiger partial charge in [-0.15, -0.1) is 0 Å². The van der Waals surface area contributed by atoms with Crippen LogP contribution in [0.1, 0.15) is 44.1 Å². The second-order valence-electron chi connectivity index (χ2n) is 5.13. The Kier molecular flexibility index (Phi) is 4.88. The van der Waals surface area contributed by atoms with Crippen molar-refractivity contribution in [2.75, 3.05) is 12.8 Å². The zero-order valence-electron chi connectivity index (χ0n) is 11.2. The van der Waals surface area contributed by atoms with Crippen LogP contribution < -0.4 is 15.8 Å². The van der Waals surface area contributed by atoms with Crippen LogP contribution in [0.4, 0.5) is 5.69 Å². The molecule has 0 aromatic heterocycles. The molecule has 1 saturated carbocycles. The Labute approximate surface area is 110 Å². The first kappa shape index (κ1) is 13.2. The first-order valence-electron chi connectivity index (χ1n) is 6.95. The van der Waals surface area contributed by atoms with E-state index in [-0.39, 0.29) is 0 Å². The average molecular weight is 248 g/mol. The number of hydrogen-bond acceptors (Lipinski definition) is 3. The Morgan fingerprint density at radius 1 is 1.22 bits per heavy atom. The third-order valence-corrected chi connectivity index (χ3v) is 3.79. The monoisotopic (exact) mass is 248 g/mol. The lowest BCUT2D eigenvalue weighted by Crippen LogP contribution is -2.28. The van der Waals surface area contributed by atoms with Crippen molar-refractivity contribution in [2.24, 2.45) is 0 Å². The zero-order chi connectivity index (χ0) is 12.8. The van der Waals surface area contributed by atoms with Gasteiger partial charge in [-0.2, -0.15) is 0 Å². The van der Waals surface area contributed by atoms with Crippen molar-refractivity contribution in [3.63, 3.8) is 0 Å². The minimum Gasteiger partial charge on any atom is -0.497 e. The summed E-state index contributed by atoms with van der Waals surface area (Å²) >= 11 is 0. The molecular weight excluding hydrogens is 224 g/mol. The van der Waals surface area contributed by atoms with E-state index in [0.717, 1.165) is 18.0 Å². The van der Waals surface area contributed by atoms with E-state index in [2.05, 4.69) is 11.4 Å². The summed E-state index contributed by atoms with van der Waals surface area (Å²) in [6, 6.07) is 6.58. The summed E-state index contributed by atoms with van der Waals surface area (Å²) in [7, 11) is 1.66. The normalized spacial score (nSPS) is 17.4. The van der Waals surface area contributed by atoms with Crippen LogP contribution in [0.3, 0.4) is 0 Å². The van der Waals surface area contributed by atoms with E-state index < -0.39 is 0 Å². The van der Waals surface area contributed by atoms with Crippen LogP contribution in [0.15, 0.2) is 18.2 Å². The molecule has 1 aliphatic rings. The van der Waals surface area contributed by atoms with E-state index in [4.69, 9.17) is 10.5 Å². The van der Waals surface area contributed by atoms with Crippen molar-refractivity contribution in [1.29, 1.82) is 0 Å². The molecule has 0 amide bonds. The Hall–Kier alpha value is -1.22. The van der Waals surface area contributed by atoms with Crippen LogP contribution in [0.5, 0.6) is 5.75 Å². The second-order valence-corrected chi connectivity index (χ2v) is 5.13. The molecule has 0 radical (unpaired) electrons. The maximum atomic E-state index is 6.02. The van der Waals surface area contributed by atoms with Gasteiger partial charge < -0.3 is 15.8 Å². The maximum absolute atomic E-state index is 6.02. The van der Waals surface area contributed by atoms with Gasteiger partial charge in [0.15, 0.2) is 0 Å². The van der Waals surface area contributed by atoms with Crippen molar-refractivity contribution in [3.05, 3.63) is 23.8 Å². The molecule has 0 atom stereocenters. The average Bonchev–Trinajstić information content (AvgIpc) is 2.66. The first-order chi connectivity index (χ1) is 8.79. The van der Waals surface area contributed by atoms with Gasteiger partial charge in [0.25, 0.3) is 0 Å². The molecule has 3 heteroatoms. The third kappa shape index (κ3) is 3.64. The number of anilines is 1. The van der Waals surface area contributed by atoms with Crippen LogP contribution in [0.25, 0.3) is 0 Å². The first-order valence-corrected chi connectivity index (χ1v) is 6.95. The number of nitrogens with two attached hydrogens (primary N) is 1. The van der Waals surface area contributed by atoms with Gasteiger partial charge in [0.05, 0.1) is 7.11 Å². The van der Waals surface area contributed by atoms with E-state index in [0.29, 0.717) is 6.04 Å². The largest absolute Gasteiger partial charge is 0.497 e. The lowest BCUT2D eigenvalue weighted by atomic mass is 10.1. The van der Waals surface area contributed by atoms with Crippen molar-refractivity contribution < 1.29 is 4.74 Å². The standard InChI is InChI=1S/C15H24N2O/c1-18-14-9-8-12(15(16)10-14)11-17-13-6-4-2-3-5-7-13/h8-10,13,17H,2-7,11,16H2,1H3. The quantitative estimate of drug-likeness (QED) is 0.636. The molecule has 18 heavy (non-hydrogen) atoms. The van der Waals surface area contributed by atoms with Gasteiger partial charge >= 0.3 is 0 Å². The van der Waals surface area contributed by atoms with E-state index in [9.17, 15) is 0 Å². The Morgan fingerprint density at radius 3 is 2.56 bits per heavy atom. The second kappa shape index (κ2) is 6.64. The number of hydrogen-bond donors (Lipinski definition) is 2. The third-order valence-electron chi connectivity index (χ3n) is 3.79. The van der Waals surface area contributed by atoms with Crippen molar-refractivity contribution in [1.82, 2.24) is 5.32 Å². The van der Waals surface area contributed by atoms with Gasteiger partial charge in [0.1, 0.15) is 5.75 Å². The number of rotatable bonds is 4. The number of methoxy groups -OCH3 is 1. The highest BCUT2D eigenvalue weighted by Gasteiger charge is 2.12. The number of ether oxygens (including phenoxy) is 1. The molecule has 0 bridgehead atoms. The predicted octanol–water partition coefficient (Wildman–Crippen LogP) is 3.09. The SMILES string of the molecule is COc1ccc(CNC2CCCCCC2)c(N)c1. The summed E-state index contributed by atoms with van der Waals surface area (Å²) < 4.78 is 5.16. The molecule has 0 saturated heterocycles. The molecule has 0 aliphatic heterocycles. The van der Waals surface area contributed by atoms with Crippen molar-refractivity contribution >= 4 is 5.69 Å². The molecule has 0 heterocycles. The van der Waals surface area contributed by atoms with E-state index in [1.807, 2.05) is 12.1 Å². The molecule has 1 fully saturated rings. The summed E-state index contributed by atoms with van der Waals surface area (Å²) in [6.45, 7) is 0.862. The zero-order valence-corrected chi connectivity index (χ0v) is 11.2. The summed E-state index contributed by atoms with van der Waals surface area (Å²) in [4.78, 5) is 0. The Morgan fingerprint density at radius 2 is 1.94 bits per heavy atom. The molecular formula is C15H24N2O. The predicted molar refractivity (Wildman–Crippen MR) is 75.7 cm³/mol. The molecule has 100 valence electrons. The fourth-order valence-corrected chi connectivity index (χ4v) is 2.60. The van der Waals surface area contributed by atoms with Gasteiger partial charge in [-0.25, -0.2) is 0 Å². The van der Waals surface area contributed by atoms with Gasteiger partial charge in [0.2, 0.25) is 0 Å². The van der Waals surface area contributed by atoms with Gasteiger partial charge in [-0.05, 0) is 24.5 Å². The molecule has 2 rings (SSSR count). The fraction of sp³-hybridized carbons (Fsp3) is 0.600. The van der Waals surface area contributed by atoms with Crippen LogP contribution in [0, 0.1) is 0 Å². The molecule has 1 aromatic carbocycles. The van der Waals surface area contributed by atoms with Crippen molar-refractivity contribution in [3.8, 4) is 5.75 Å². The number of nitrogen functional groups attached to an aromatic ring is 1. The molecule has 1 aliphatic carbocycles. The Bertz CT molecular complexity index is 371. The van der Waals surface area contributed by atoms with Crippen LogP contribution in [-0.4, -0.2) is 13.2 Å². The van der Waals surface area contributed by atoms with Crippen LogP contribution in [0.2, 0.25) is 0 Å². The van der Waals surface area contributed by atoms with Gasteiger partial charge in [-0.1, -0.05) is 31.7 Å². The summed E-state index contributed by atoms with van der Waals surface area (Å²) in [6.07, 6.45) is 8.10. The van der Waals surface area contributed by atoms with Crippen LogP contribution >= 0.6 is 0 Å². The van der Waals surface area contributed by atoms with E-state index in [1.165, 1.54) is 44.1 Å². The van der Waals surface area contributed by atoms with E-state index in [1.54, 1.807) is 7.11 Å². The van der Waals surface area contributed by atoms with Gasteiger partial charge in [-0.3, -0.25) is 0 Å². The highest BCUT2D eigenvalue weighted by Crippen LogP contribution is 2.21. The van der Waals surface area contributed by atoms with Gasteiger partial charge in [0, 0.05) is 24.3 Å². The highest BCUT2D eigenvalue weighted by molar-refractivity contribution is 5.51. The summed E-state index contributed by atoms with van der Waals surface area (Å²) in [5.74, 6) is 0.825. The topological polar surface area (TPSA) is 47.3 Å². The lowest BCUT2D eigenvalue weighted by Gasteiger charge is -2.17. The summed E-state index contributed by atoms with van der Waals surface area (Å²) in [5.41, 5.74) is 8.01. The van der Waals surface area contributed by atoms with Crippen molar-refractivity contribution in [2.45, 2.75) is 51.1 Å². The maximum Gasteiger partial charge on any atom is 0.120 e. The minimum atomic E-state index is 0.661. The molecule has 3 nitrogen and oxygen atoms in total. The smallest absolute Gasteiger partial charge is 0.120 e. The van der Waals surface area contributed by atoms with Crippen LogP contribution in [-0.2, 0) is 6.54 Å². The molecule has 3 N–H and O–H groups in total. The highest BCUT2D eigenvalue weighted by atomic mass is 16.5. The fourth-order valence-electron chi connectivity index (χ4n) is 2.60. The number of nitrogens with one attached hydrogen (secondary N) is 1. The molecule has 0 unspecified atom stereocenters. The number of benzene rings is 1. The minimum absolute atomic E-state index is 0.661. The molecule has 1 aromatic rings.